The van der Waals surface area contributed by atoms with Crippen LogP contribution in [0.3, 0.4) is 0 Å². The Morgan fingerprint density at radius 2 is 2.12 bits per heavy atom. The first-order valence-electron chi connectivity index (χ1n) is 7.21. The highest BCUT2D eigenvalue weighted by atomic mass is 32.1. The summed E-state index contributed by atoms with van der Waals surface area (Å²) in [6, 6.07) is 1.97. The van der Waals surface area contributed by atoms with E-state index in [1.54, 1.807) is 11.3 Å². The normalized spacial score (nSPS) is 13.2. The average Bonchev–Trinajstić information content (AvgIpc) is 3.30. The number of carboxylic acids is 1. The van der Waals surface area contributed by atoms with Crippen LogP contribution < -0.4 is 9.47 Å². The van der Waals surface area contributed by atoms with Crippen LogP contribution in [0.1, 0.15) is 12.3 Å². The molecule has 0 saturated heterocycles. The molecule has 0 radical (unpaired) electrons. The fourth-order valence-electron chi connectivity index (χ4n) is 2.31. The molecule has 0 atom stereocenters. The first-order chi connectivity index (χ1) is 11.7. The molecule has 124 valence electrons. The summed E-state index contributed by atoms with van der Waals surface area (Å²) in [5.41, 5.74) is 1.02. The van der Waals surface area contributed by atoms with E-state index in [4.69, 9.17) is 19.1 Å². The van der Waals surface area contributed by atoms with E-state index in [2.05, 4.69) is 10.1 Å². The van der Waals surface area contributed by atoms with Gasteiger partial charge < -0.3 is 19.1 Å². The van der Waals surface area contributed by atoms with Crippen LogP contribution in [-0.2, 0) is 11.2 Å². The lowest BCUT2D eigenvalue weighted by atomic mass is 10.2. The van der Waals surface area contributed by atoms with Gasteiger partial charge >= 0.3 is 5.97 Å². The maximum Gasteiger partial charge on any atom is 0.303 e. The van der Waals surface area contributed by atoms with Gasteiger partial charge in [-0.05, 0) is 6.07 Å². The van der Waals surface area contributed by atoms with Crippen molar-refractivity contribution in [1.82, 2.24) is 10.1 Å². The van der Waals surface area contributed by atoms with Gasteiger partial charge in [0.15, 0.2) is 11.5 Å². The molecule has 9 heteroatoms. The molecule has 24 heavy (non-hydrogen) atoms. The molecule has 4 heterocycles. The third-order valence-electron chi connectivity index (χ3n) is 3.40. The highest BCUT2D eigenvalue weighted by molar-refractivity contribution is 7.16. The molecule has 3 aromatic heterocycles. The second-order valence-corrected chi connectivity index (χ2v) is 6.85. The van der Waals surface area contributed by atoms with Gasteiger partial charge in [-0.2, -0.15) is 4.98 Å². The van der Waals surface area contributed by atoms with Gasteiger partial charge in [0.1, 0.15) is 13.2 Å². The summed E-state index contributed by atoms with van der Waals surface area (Å²) >= 11 is 3.07. The number of hydrogen-bond donors (Lipinski definition) is 1. The minimum absolute atomic E-state index is 0.0318. The van der Waals surface area contributed by atoms with Crippen molar-refractivity contribution in [3.05, 3.63) is 22.7 Å². The predicted molar refractivity (Wildman–Crippen MR) is 87.9 cm³/mol. The van der Waals surface area contributed by atoms with Gasteiger partial charge in [-0.1, -0.05) is 5.16 Å². The van der Waals surface area contributed by atoms with Crippen molar-refractivity contribution in [1.29, 1.82) is 0 Å². The van der Waals surface area contributed by atoms with Gasteiger partial charge in [0.05, 0.1) is 16.2 Å². The average molecular weight is 364 g/mol. The van der Waals surface area contributed by atoms with E-state index in [0.717, 1.165) is 26.8 Å². The summed E-state index contributed by atoms with van der Waals surface area (Å²) < 4.78 is 16.4. The fourth-order valence-corrected chi connectivity index (χ4v) is 4.12. The van der Waals surface area contributed by atoms with E-state index >= 15 is 0 Å². The Kier molecular flexibility index (Phi) is 3.95. The summed E-state index contributed by atoms with van der Waals surface area (Å²) in [7, 11) is 0. The minimum atomic E-state index is -0.891. The van der Waals surface area contributed by atoms with Crippen LogP contribution in [0.25, 0.3) is 21.1 Å². The number of aromatic nitrogens is 2. The lowest BCUT2D eigenvalue weighted by Gasteiger charge is -2.15. The van der Waals surface area contributed by atoms with Crippen LogP contribution in [0.5, 0.6) is 11.5 Å². The monoisotopic (exact) mass is 364 g/mol. The smallest absolute Gasteiger partial charge is 0.303 e. The lowest BCUT2D eigenvalue weighted by molar-refractivity contribution is -0.137. The van der Waals surface area contributed by atoms with E-state index < -0.39 is 5.97 Å². The van der Waals surface area contributed by atoms with Gasteiger partial charge in [-0.3, -0.25) is 4.79 Å². The van der Waals surface area contributed by atoms with Crippen molar-refractivity contribution in [2.75, 3.05) is 13.2 Å². The molecule has 3 aromatic rings. The van der Waals surface area contributed by atoms with E-state index in [1.165, 1.54) is 11.3 Å². The van der Waals surface area contributed by atoms with Crippen molar-refractivity contribution in [2.45, 2.75) is 12.8 Å². The molecule has 0 saturated carbocycles. The molecule has 4 rings (SSSR count). The number of aryl methyl sites for hydroxylation is 1. The zero-order chi connectivity index (χ0) is 16.5. The first kappa shape index (κ1) is 15.2. The summed E-state index contributed by atoms with van der Waals surface area (Å²) in [5, 5.41) is 16.6. The minimum Gasteiger partial charge on any atom is -0.485 e. The second kappa shape index (κ2) is 6.25. The van der Waals surface area contributed by atoms with Gasteiger partial charge in [0.2, 0.25) is 11.7 Å². The molecular formula is C15H12N2O5S2. The van der Waals surface area contributed by atoms with Crippen molar-refractivity contribution in [3.63, 3.8) is 0 Å². The highest BCUT2D eigenvalue weighted by Crippen LogP contribution is 2.47. The largest absolute Gasteiger partial charge is 0.485 e. The zero-order valence-corrected chi connectivity index (χ0v) is 14.0. The third-order valence-corrected chi connectivity index (χ3v) is 5.32. The molecule has 0 bridgehead atoms. The molecule has 1 N–H and O–H groups in total. The first-order valence-corrected chi connectivity index (χ1v) is 8.97. The summed E-state index contributed by atoms with van der Waals surface area (Å²) in [6.45, 7) is 1.12. The molecule has 0 aliphatic carbocycles. The van der Waals surface area contributed by atoms with E-state index in [9.17, 15) is 4.79 Å². The van der Waals surface area contributed by atoms with Crippen molar-refractivity contribution < 1.29 is 23.9 Å². The van der Waals surface area contributed by atoms with Gasteiger partial charge in [0, 0.05) is 22.7 Å². The molecule has 0 fully saturated rings. The van der Waals surface area contributed by atoms with Gasteiger partial charge in [0.25, 0.3) is 0 Å². The number of nitrogens with zero attached hydrogens (tertiary/aromatic N) is 2. The molecular weight excluding hydrogens is 352 g/mol. The second-order valence-electron chi connectivity index (χ2n) is 5.06. The standard InChI is InChI=1S/C15H12N2O5S2/c18-12(19)2-1-11-16-15(17-22-11)10-5-8(6-23-10)14-13-9(7-24-14)20-3-4-21-13/h5-7H,1-4H2,(H,18,19). The maximum absolute atomic E-state index is 10.6. The Morgan fingerprint density at radius 3 is 3.00 bits per heavy atom. The Morgan fingerprint density at radius 1 is 1.25 bits per heavy atom. The fraction of sp³-hybridized carbons (Fsp3) is 0.267. The Balaban J connectivity index is 1.57. The molecule has 7 nitrogen and oxygen atoms in total. The van der Waals surface area contributed by atoms with Crippen molar-refractivity contribution in [2.24, 2.45) is 0 Å². The number of hydrogen-bond acceptors (Lipinski definition) is 8. The third kappa shape index (κ3) is 2.87. The number of ether oxygens (including phenoxy) is 2. The van der Waals surface area contributed by atoms with Crippen LogP contribution in [0, 0.1) is 0 Å². The number of fused-ring (bicyclic) bond motifs is 1. The van der Waals surface area contributed by atoms with E-state index in [-0.39, 0.29) is 12.8 Å². The number of rotatable bonds is 5. The SMILES string of the molecule is O=C(O)CCc1nc(-c2cc(-c3scc4c3OCCO4)cs2)no1. The number of thiophene rings is 2. The van der Waals surface area contributed by atoms with Crippen LogP contribution >= 0.6 is 22.7 Å². The van der Waals surface area contributed by atoms with Crippen molar-refractivity contribution in [3.8, 4) is 32.6 Å². The van der Waals surface area contributed by atoms with Gasteiger partial charge in [-0.25, -0.2) is 0 Å². The molecule has 0 amide bonds. The van der Waals surface area contributed by atoms with E-state index in [1.807, 2.05) is 16.8 Å². The Labute approximate surface area is 144 Å². The van der Waals surface area contributed by atoms with Crippen molar-refractivity contribution >= 4 is 28.6 Å². The highest BCUT2D eigenvalue weighted by Gasteiger charge is 2.21. The molecule has 0 aromatic carbocycles. The summed E-state index contributed by atoms with van der Waals surface area (Å²) in [5.74, 6) is 1.47. The predicted octanol–water partition coefficient (Wildman–Crippen LogP) is 3.32. The van der Waals surface area contributed by atoms with Crippen LogP contribution in [0.15, 0.2) is 21.3 Å². The maximum atomic E-state index is 10.6. The van der Waals surface area contributed by atoms with Crippen LogP contribution in [0.4, 0.5) is 0 Å². The zero-order valence-electron chi connectivity index (χ0n) is 12.4. The molecule has 1 aliphatic rings. The Bertz CT molecular complexity index is 882. The number of carbonyl (C=O) groups is 1. The van der Waals surface area contributed by atoms with Crippen LogP contribution in [0.2, 0.25) is 0 Å². The lowest BCUT2D eigenvalue weighted by Crippen LogP contribution is -2.14. The van der Waals surface area contributed by atoms with Crippen LogP contribution in [-0.4, -0.2) is 34.4 Å². The number of carboxylic acid groups (broad SMARTS) is 1. The Hall–Kier alpha value is -2.39. The summed E-state index contributed by atoms with van der Waals surface area (Å²) in [6.07, 6.45) is 0.195. The molecule has 0 spiro atoms. The topological polar surface area (TPSA) is 94.7 Å². The number of aliphatic carboxylic acids is 1. The molecule has 1 aliphatic heterocycles. The summed E-state index contributed by atoms with van der Waals surface area (Å²) in [4.78, 5) is 16.7. The van der Waals surface area contributed by atoms with E-state index in [0.29, 0.717) is 24.9 Å². The van der Waals surface area contributed by atoms with Gasteiger partial charge in [-0.15, -0.1) is 22.7 Å². The quantitative estimate of drug-likeness (QED) is 0.742. The molecule has 0 unspecified atom stereocenters.